The molecule has 1 aromatic rings. The molecule has 0 aromatic heterocycles. The fourth-order valence-corrected chi connectivity index (χ4v) is 1.38. The number of nitrogens with zero attached hydrogens (tertiary/aromatic N) is 1. The molecule has 0 saturated carbocycles. The molecular weight excluding hydrogens is 186 g/mol. The van der Waals surface area contributed by atoms with Gasteiger partial charge in [0.05, 0.1) is 11.4 Å². The smallest absolute Gasteiger partial charge is 0.0568 e. The number of hydrogen-bond donors (Lipinski definition) is 2. The summed E-state index contributed by atoms with van der Waals surface area (Å²) >= 11 is 0. The first-order chi connectivity index (χ1) is 7.00. The molecule has 0 unspecified atom stereocenters. The van der Waals surface area contributed by atoms with E-state index in [0.717, 1.165) is 18.2 Å². The van der Waals surface area contributed by atoms with Gasteiger partial charge in [0.2, 0.25) is 0 Å². The second-order valence-corrected chi connectivity index (χ2v) is 4.42. The number of anilines is 3. The Bertz CT molecular complexity index is 321. The zero-order valence-electron chi connectivity index (χ0n) is 9.83. The van der Waals surface area contributed by atoms with Crippen LogP contribution in [0.1, 0.15) is 20.3 Å². The third kappa shape index (κ3) is 3.35. The molecule has 4 N–H and O–H groups in total. The van der Waals surface area contributed by atoms with Crippen LogP contribution in [-0.2, 0) is 0 Å². The minimum atomic E-state index is 0.649. The van der Waals surface area contributed by atoms with Gasteiger partial charge in [-0.05, 0) is 30.5 Å². The molecule has 84 valence electrons. The second kappa shape index (κ2) is 4.91. The Labute approximate surface area is 92.1 Å². The van der Waals surface area contributed by atoms with Crippen LogP contribution in [0.4, 0.5) is 17.1 Å². The average Bonchev–Trinajstić information content (AvgIpc) is 2.18. The summed E-state index contributed by atoms with van der Waals surface area (Å²) in [4.78, 5) is 2.20. The van der Waals surface area contributed by atoms with E-state index in [4.69, 9.17) is 11.5 Å². The van der Waals surface area contributed by atoms with E-state index in [1.165, 1.54) is 6.42 Å². The molecule has 0 heterocycles. The van der Waals surface area contributed by atoms with Crippen LogP contribution >= 0.6 is 0 Å². The van der Waals surface area contributed by atoms with Gasteiger partial charge in [0.25, 0.3) is 0 Å². The van der Waals surface area contributed by atoms with Gasteiger partial charge in [0.15, 0.2) is 0 Å². The van der Waals surface area contributed by atoms with Gasteiger partial charge >= 0.3 is 0 Å². The van der Waals surface area contributed by atoms with Crippen LogP contribution in [0.2, 0.25) is 0 Å². The maximum Gasteiger partial charge on any atom is 0.0568 e. The molecule has 0 aliphatic rings. The first-order valence-electron chi connectivity index (χ1n) is 5.37. The van der Waals surface area contributed by atoms with Crippen LogP contribution in [0.3, 0.4) is 0 Å². The van der Waals surface area contributed by atoms with Gasteiger partial charge in [-0.1, -0.05) is 13.8 Å². The molecule has 0 aliphatic heterocycles. The van der Waals surface area contributed by atoms with Crippen LogP contribution in [0.5, 0.6) is 0 Å². The van der Waals surface area contributed by atoms with Gasteiger partial charge in [-0.2, -0.15) is 0 Å². The number of hydrogen-bond acceptors (Lipinski definition) is 3. The van der Waals surface area contributed by atoms with E-state index < -0.39 is 0 Å². The maximum absolute atomic E-state index is 5.76. The molecule has 3 heteroatoms. The van der Waals surface area contributed by atoms with Gasteiger partial charge in [-0.3, -0.25) is 0 Å². The number of rotatable bonds is 4. The highest BCUT2D eigenvalue weighted by Gasteiger charge is 2.03. The number of nitrogen functional groups attached to an aromatic ring is 2. The summed E-state index contributed by atoms with van der Waals surface area (Å²) in [6, 6.07) is 5.79. The lowest BCUT2D eigenvalue weighted by Crippen LogP contribution is -2.20. The minimum Gasteiger partial charge on any atom is -0.397 e. The SMILES string of the molecule is CC(C)CCN(C)c1ccc(N)c(N)c1. The van der Waals surface area contributed by atoms with Gasteiger partial charge in [-0.25, -0.2) is 0 Å². The predicted molar refractivity (Wildman–Crippen MR) is 68.0 cm³/mol. The van der Waals surface area contributed by atoms with Crippen LogP contribution in [-0.4, -0.2) is 13.6 Å². The lowest BCUT2D eigenvalue weighted by molar-refractivity contribution is 0.585. The van der Waals surface area contributed by atoms with Crippen molar-refractivity contribution >= 4 is 17.1 Å². The van der Waals surface area contributed by atoms with Crippen molar-refractivity contribution < 1.29 is 0 Å². The molecule has 0 atom stereocenters. The van der Waals surface area contributed by atoms with Crippen molar-refractivity contribution in [2.45, 2.75) is 20.3 Å². The predicted octanol–water partition coefficient (Wildman–Crippen LogP) is 2.33. The molecule has 0 aliphatic carbocycles. The van der Waals surface area contributed by atoms with Gasteiger partial charge in [0.1, 0.15) is 0 Å². The molecule has 0 amide bonds. The van der Waals surface area contributed by atoms with E-state index in [1.807, 2.05) is 18.2 Å². The molecular formula is C12H21N3. The van der Waals surface area contributed by atoms with Gasteiger partial charge in [-0.15, -0.1) is 0 Å². The van der Waals surface area contributed by atoms with Crippen molar-refractivity contribution in [1.82, 2.24) is 0 Å². The molecule has 0 fully saturated rings. The standard InChI is InChI=1S/C12H21N3/c1-9(2)6-7-15(3)10-4-5-11(13)12(14)8-10/h4-5,8-9H,6-7,13-14H2,1-3H3. The number of nitrogens with two attached hydrogens (primary N) is 2. The third-order valence-electron chi connectivity index (χ3n) is 2.55. The van der Waals surface area contributed by atoms with Crippen LogP contribution in [0.15, 0.2) is 18.2 Å². The quantitative estimate of drug-likeness (QED) is 0.745. The van der Waals surface area contributed by atoms with E-state index in [0.29, 0.717) is 11.4 Å². The van der Waals surface area contributed by atoms with Gasteiger partial charge < -0.3 is 16.4 Å². The highest BCUT2D eigenvalue weighted by molar-refractivity contribution is 5.69. The summed E-state index contributed by atoms with van der Waals surface area (Å²) in [5.74, 6) is 0.721. The molecule has 0 saturated heterocycles. The summed E-state index contributed by atoms with van der Waals surface area (Å²) < 4.78 is 0. The highest BCUT2D eigenvalue weighted by atomic mass is 15.1. The van der Waals surface area contributed by atoms with Gasteiger partial charge in [0, 0.05) is 19.3 Å². The highest BCUT2D eigenvalue weighted by Crippen LogP contribution is 2.22. The molecule has 0 radical (unpaired) electrons. The monoisotopic (exact) mass is 207 g/mol. The molecule has 3 nitrogen and oxygen atoms in total. The van der Waals surface area contributed by atoms with E-state index in [2.05, 4.69) is 25.8 Å². The maximum atomic E-state index is 5.76. The Kier molecular flexibility index (Phi) is 3.83. The van der Waals surface area contributed by atoms with Crippen LogP contribution in [0, 0.1) is 5.92 Å². The van der Waals surface area contributed by atoms with E-state index in [-0.39, 0.29) is 0 Å². The fraction of sp³-hybridized carbons (Fsp3) is 0.500. The summed E-state index contributed by atoms with van der Waals surface area (Å²) in [5, 5.41) is 0. The zero-order chi connectivity index (χ0) is 11.4. The molecule has 15 heavy (non-hydrogen) atoms. The molecule has 1 rings (SSSR count). The topological polar surface area (TPSA) is 55.3 Å². The Hall–Kier alpha value is -1.38. The van der Waals surface area contributed by atoms with Crippen molar-refractivity contribution in [2.24, 2.45) is 5.92 Å². The first-order valence-corrected chi connectivity index (χ1v) is 5.37. The lowest BCUT2D eigenvalue weighted by atomic mass is 10.1. The first kappa shape index (κ1) is 11.7. The summed E-state index contributed by atoms with van der Waals surface area (Å²) in [6.45, 7) is 5.50. The Balaban J connectivity index is 2.65. The molecule has 1 aromatic carbocycles. The van der Waals surface area contributed by atoms with Crippen LogP contribution < -0.4 is 16.4 Å². The summed E-state index contributed by atoms with van der Waals surface area (Å²) in [7, 11) is 2.08. The van der Waals surface area contributed by atoms with Crippen molar-refractivity contribution in [2.75, 3.05) is 30.0 Å². The fourth-order valence-electron chi connectivity index (χ4n) is 1.38. The van der Waals surface area contributed by atoms with Crippen molar-refractivity contribution in [3.8, 4) is 0 Å². The zero-order valence-corrected chi connectivity index (χ0v) is 9.83. The largest absolute Gasteiger partial charge is 0.397 e. The van der Waals surface area contributed by atoms with Crippen molar-refractivity contribution in [1.29, 1.82) is 0 Å². The van der Waals surface area contributed by atoms with E-state index in [9.17, 15) is 0 Å². The molecule has 0 spiro atoms. The third-order valence-corrected chi connectivity index (χ3v) is 2.55. The minimum absolute atomic E-state index is 0.649. The molecule has 0 bridgehead atoms. The summed E-state index contributed by atoms with van der Waals surface area (Å²) in [6.07, 6.45) is 1.18. The van der Waals surface area contributed by atoms with Crippen molar-refractivity contribution in [3.05, 3.63) is 18.2 Å². The Morgan fingerprint density at radius 3 is 2.40 bits per heavy atom. The normalized spacial score (nSPS) is 10.7. The second-order valence-electron chi connectivity index (χ2n) is 4.42. The number of benzene rings is 1. The van der Waals surface area contributed by atoms with E-state index in [1.54, 1.807) is 0 Å². The van der Waals surface area contributed by atoms with Crippen LogP contribution in [0.25, 0.3) is 0 Å². The lowest BCUT2D eigenvalue weighted by Gasteiger charge is -2.21. The summed E-state index contributed by atoms with van der Waals surface area (Å²) in [5.41, 5.74) is 13.9. The Morgan fingerprint density at radius 2 is 1.87 bits per heavy atom. The Morgan fingerprint density at radius 1 is 1.20 bits per heavy atom. The van der Waals surface area contributed by atoms with Crippen molar-refractivity contribution in [3.63, 3.8) is 0 Å². The van der Waals surface area contributed by atoms with E-state index >= 15 is 0 Å². The average molecular weight is 207 g/mol.